The van der Waals surface area contributed by atoms with Crippen LogP contribution in [0.3, 0.4) is 0 Å². The molecule has 1 rings (SSSR count). The highest BCUT2D eigenvalue weighted by Gasteiger charge is 2.00. The van der Waals surface area contributed by atoms with Crippen molar-refractivity contribution in [3.8, 4) is 0 Å². The highest BCUT2D eigenvalue weighted by Crippen LogP contribution is 2.16. The summed E-state index contributed by atoms with van der Waals surface area (Å²) < 4.78 is 0. The van der Waals surface area contributed by atoms with Crippen LogP contribution in [0.1, 0.15) is 31.7 Å². The van der Waals surface area contributed by atoms with Crippen LogP contribution in [-0.2, 0) is 0 Å². The molecule has 0 radical (unpaired) electrons. The standard InChI is InChI=1S/C10H15B/c1-3-8(2)9-5-4-6-10(11)7-9/h4-8H,3,11H2,1-2H3. The molecule has 58 valence electrons. The second-order valence-electron chi connectivity index (χ2n) is 3.22. The van der Waals surface area contributed by atoms with Crippen molar-refractivity contribution in [3.05, 3.63) is 29.8 Å². The second kappa shape index (κ2) is 3.61. The van der Waals surface area contributed by atoms with E-state index in [1.54, 1.807) is 0 Å². The summed E-state index contributed by atoms with van der Waals surface area (Å²) in [5.74, 6) is 0.704. The van der Waals surface area contributed by atoms with Crippen molar-refractivity contribution in [3.63, 3.8) is 0 Å². The fourth-order valence-corrected chi connectivity index (χ4v) is 1.21. The largest absolute Gasteiger partial charge is 0.139 e. The first-order valence-electron chi connectivity index (χ1n) is 4.30. The molecule has 0 aromatic heterocycles. The van der Waals surface area contributed by atoms with Crippen molar-refractivity contribution in [1.82, 2.24) is 0 Å². The molecule has 0 fully saturated rings. The van der Waals surface area contributed by atoms with Crippen molar-refractivity contribution in [2.24, 2.45) is 0 Å². The topological polar surface area (TPSA) is 0 Å². The average molecular weight is 146 g/mol. The molecule has 0 amide bonds. The lowest BCUT2D eigenvalue weighted by molar-refractivity contribution is 0.734. The zero-order chi connectivity index (χ0) is 8.27. The van der Waals surface area contributed by atoms with Crippen LogP contribution in [0.25, 0.3) is 0 Å². The Morgan fingerprint density at radius 2 is 2.18 bits per heavy atom. The number of hydrogen-bond donors (Lipinski definition) is 0. The van der Waals surface area contributed by atoms with Gasteiger partial charge in [0.2, 0.25) is 0 Å². The van der Waals surface area contributed by atoms with Crippen LogP contribution in [0.4, 0.5) is 0 Å². The van der Waals surface area contributed by atoms with Crippen LogP contribution in [0.2, 0.25) is 0 Å². The molecule has 0 aliphatic rings. The molecule has 1 atom stereocenters. The van der Waals surface area contributed by atoms with Gasteiger partial charge in [0.15, 0.2) is 0 Å². The number of hydrogen-bond acceptors (Lipinski definition) is 0. The van der Waals surface area contributed by atoms with Gasteiger partial charge in [-0.3, -0.25) is 0 Å². The molecule has 1 aromatic carbocycles. The Kier molecular flexibility index (Phi) is 2.75. The van der Waals surface area contributed by atoms with E-state index >= 15 is 0 Å². The van der Waals surface area contributed by atoms with E-state index in [-0.39, 0.29) is 0 Å². The third-order valence-electron chi connectivity index (χ3n) is 2.22. The van der Waals surface area contributed by atoms with Crippen LogP contribution in [0, 0.1) is 0 Å². The van der Waals surface area contributed by atoms with Gasteiger partial charge in [-0.1, -0.05) is 43.6 Å². The maximum absolute atomic E-state index is 2.27. The van der Waals surface area contributed by atoms with Gasteiger partial charge in [0.25, 0.3) is 0 Å². The lowest BCUT2D eigenvalue weighted by Crippen LogP contribution is -2.03. The highest BCUT2D eigenvalue weighted by molar-refractivity contribution is 6.32. The molecule has 0 heterocycles. The molecule has 0 saturated heterocycles. The number of rotatable bonds is 2. The van der Waals surface area contributed by atoms with Gasteiger partial charge in [-0.25, -0.2) is 0 Å². The predicted octanol–water partition coefficient (Wildman–Crippen LogP) is 1.46. The fourth-order valence-electron chi connectivity index (χ4n) is 1.21. The summed E-state index contributed by atoms with van der Waals surface area (Å²) in [6, 6.07) is 8.76. The normalized spacial score (nSPS) is 12.9. The smallest absolute Gasteiger partial charge is 0.0887 e. The summed E-state index contributed by atoms with van der Waals surface area (Å²) in [5, 5.41) is 0. The minimum absolute atomic E-state index is 0.704. The lowest BCUT2D eigenvalue weighted by atomic mass is 9.90. The summed E-state index contributed by atoms with van der Waals surface area (Å²) in [5.41, 5.74) is 2.83. The van der Waals surface area contributed by atoms with Crippen molar-refractivity contribution in [1.29, 1.82) is 0 Å². The molecule has 0 saturated carbocycles. The molecule has 1 unspecified atom stereocenters. The Bertz CT molecular complexity index is 230. The summed E-state index contributed by atoms with van der Waals surface area (Å²) >= 11 is 0. The van der Waals surface area contributed by atoms with Crippen LogP contribution < -0.4 is 5.46 Å². The van der Waals surface area contributed by atoms with Gasteiger partial charge in [-0.2, -0.15) is 0 Å². The molecular weight excluding hydrogens is 131 g/mol. The number of benzene rings is 1. The molecular formula is C10H15B. The van der Waals surface area contributed by atoms with E-state index < -0.39 is 0 Å². The second-order valence-corrected chi connectivity index (χ2v) is 3.22. The quantitative estimate of drug-likeness (QED) is 0.554. The Hall–Kier alpha value is -0.715. The Balaban J connectivity index is 2.86. The molecule has 1 aromatic rings. The van der Waals surface area contributed by atoms with Crippen molar-refractivity contribution in [2.75, 3.05) is 0 Å². The highest BCUT2D eigenvalue weighted by atomic mass is 14.0. The maximum atomic E-state index is 2.27. The van der Waals surface area contributed by atoms with Crippen molar-refractivity contribution in [2.45, 2.75) is 26.2 Å². The first kappa shape index (κ1) is 8.38. The van der Waals surface area contributed by atoms with Gasteiger partial charge in [0.05, 0.1) is 0 Å². The fraction of sp³-hybridized carbons (Fsp3) is 0.400. The first-order chi connectivity index (χ1) is 5.24. The summed E-state index contributed by atoms with van der Waals surface area (Å²) in [6.45, 7) is 4.50. The van der Waals surface area contributed by atoms with Gasteiger partial charge in [-0.05, 0) is 17.9 Å². The van der Waals surface area contributed by atoms with Crippen LogP contribution >= 0.6 is 0 Å². The Morgan fingerprint density at radius 1 is 1.45 bits per heavy atom. The Morgan fingerprint density at radius 3 is 2.73 bits per heavy atom. The minimum Gasteiger partial charge on any atom is -0.0887 e. The van der Waals surface area contributed by atoms with Crippen LogP contribution in [-0.4, -0.2) is 7.85 Å². The predicted molar refractivity (Wildman–Crippen MR) is 53.3 cm³/mol. The monoisotopic (exact) mass is 146 g/mol. The minimum atomic E-state index is 0.704. The summed E-state index contributed by atoms with van der Waals surface area (Å²) in [7, 11) is 2.14. The first-order valence-corrected chi connectivity index (χ1v) is 4.30. The zero-order valence-corrected chi connectivity index (χ0v) is 7.59. The maximum Gasteiger partial charge on any atom is 0.139 e. The molecule has 0 nitrogen and oxygen atoms in total. The summed E-state index contributed by atoms with van der Waals surface area (Å²) in [6.07, 6.45) is 1.23. The van der Waals surface area contributed by atoms with Gasteiger partial charge >= 0.3 is 0 Å². The summed E-state index contributed by atoms with van der Waals surface area (Å²) in [4.78, 5) is 0. The molecule has 0 spiro atoms. The van der Waals surface area contributed by atoms with Gasteiger partial charge in [0, 0.05) is 0 Å². The molecule has 11 heavy (non-hydrogen) atoms. The van der Waals surface area contributed by atoms with Crippen molar-refractivity contribution < 1.29 is 0 Å². The lowest BCUT2D eigenvalue weighted by Gasteiger charge is -2.08. The third-order valence-corrected chi connectivity index (χ3v) is 2.22. The average Bonchev–Trinajstić information content (AvgIpc) is 2.03. The van der Waals surface area contributed by atoms with Gasteiger partial charge in [-0.15, -0.1) is 0 Å². The van der Waals surface area contributed by atoms with Crippen LogP contribution in [0.15, 0.2) is 24.3 Å². The van der Waals surface area contributed by atoms with E-state index in [1.165, 1.54) is 17.4 Å². The zero-order valence-electron chi connectivity index (χ0n) is 7.59. The molecule has 1 heteroatoms. The molecule has 0 N–H and O–H groups in total. The van der Waals surface area contributed by atoms with Crippen LogP contribution in [0.5, 0.6) is 0 Å². The third kappa shape index (κ3) is 2.11. The molecule has 0 aliphatic carbocycles. The van der Waals surface area contributed by atoms with Gasteiger partial charge in [0.1, 0.15) is 7.85 Å². The van der Waals surface area contributed by atoms with E-state index in [9.17, 15) is 0 Å². The van der Waals surface area contributed by atoms with E-state index in [0.717, 1.165) is 0 Å². The van der Waals surface area contributed by atoms with E-state index in [1.807, 2.05) is 0 Å². The SMILES string of the molecule is Bc1cccc(C(C)CC)c1. The molecule has 0 bridgehead atoms. The van der Waals surface area contributed by atoms with E-state index in [4.69, 9.17) is 0 Å². The van der Waals surface area contributed by atoms with E-state index in [0.29, 0.717) is 5.92 Å². The molecule has 0 aliphatic heterocycles. The van der Waals surface area contributed by atoms with E-state index in [2.05, 4.69) is 46.0 Å². The van der Waals surface area contributed by atoms with Crippen molar-refractivity contribution >= 4 is 13.3 Å². The Labute approximate surface area is 70.0 Å². The van der Waals surface area contributed by atoms with Gasteiger partial charge < -0.3 is 0 Å².